The van der Waals surface area contributed by atoms with Gasteiger partial charge >= 0.3 is 0 Å². The van der Waals surface area contributed by atoms with E-state index in [1.807, 2.05) is 11.3 Å². The first-order chi connectivity index (χ1) is 7.58. The molecule has 0 amide bonds. The molecule has 1 aliphatic carbocycles. The highest BCUT2D eigenvalue weighted by molar-refractivity contribution is 7.11. The third-order valence-electron chi connectivity index (χ3n) is 3.96. The van der Waals surface area contributed by atoms with Gasteiger partial charge in [0.2, 0.25) is 0 Å². The molecule has 1 fully saturated rings. The lowest BCUT2D eigenvalue weighted by Gasteiger charge is -2.22. The Hall–Kier alpha value is -0.410. The summed E-state index contributed by atoms with van der Waals surface area (Å²) in [5.74, 6) is 1.52. The van der Waals surface area contributed by atoms with E-state index in [0.29, 0.717) is 12.0 Å². The van der Waals surface area contributed by atoms with Gasteiger partial charge in [-0.3, -0.25) is 0 Å². The van der Waals surface area contributed by atoms with Gasteiger partial charge in [-0.25, -0.2) is 4.98 Å². The van der Waals surface area contributed by atoms with Crippen LogP contribution in [0.25, 0.3) is 0 Å². The first-order valence-electron chi connectivity index (χ1n) is 6.26. The lowest BCUT2D eigenvalue weighted by atomic mass is 9.89. The third-order valence-corrected chi connectivity index (χ3v) is 5.06. The van der Waals surface area contributed by atoms with E-state index in [-0.39, 0.29) is 0 Å². The van der Waals surface area contributed by atoms with Crippen molar-refractivity contribution in [1.29, 1.82) is 0 Å². The molecule has 0 aliphatic heterocycles. The number of rotatable bonds is 3. The van der Waals surface area contributed by atoms with E-state index in [2.05, 4.69) is 25.8 Å². The summed E-state index contributed by atoms with van der Waals surface area (Å²) in [6, 6.07) is 0.308. The predicted molar refractivity (Wildman–Crippen MR) is 69.8 cm³/mol. The molecule has 1 saturated carbocycles. The van der Waals surface area contributed by atoms with Crippen molar-refractivity contribution in [1.82, 2.24) is 4.98 Å². The van der Waals surface area contributed by atoms with Crippen LogP contribution in [0, 0.1) is 25.7 Å². The summed E-state index contributed by atoms with van der Waals surface area (Å²) in [6.45, 7) is 6.56. The van der Waals surface area contributed by atoms with Gasteiger partial charge in [0.05, 0.1) is 10.7 Å². The Morgan fingerprint density at radius 3 is 2.69 bits per heavy atom. The first kappa shape index (κ1) is 12.1. The topological polar surface area (TPSA) is 38.9 Å². The average molecular weight is 238 g/mol. The summed E-state index contributed by atoms with van der Waals surface area (Å²) in [5.41, 5.74) is 7.50. The number of nitrogens with zero attached hydrogens (tertiary/aromatic N) is 1. The summed E-state index contributed by atoms with van der Waals surface area (Å²) in [6.07, 6.45) is 4.99. The minimum Gasteiger partial charge on any atom is -0.327 e. The number of hydrogen-bond acceptors (Lipinski definition) is 3. The van der Waals surface area contributed by atoms with E-state index in [1.54, 1.807) is 0 Å². The van der Waals surface area contributed by atoms with Gasteiger partial charge in [-0.15, -0.1) is 11.3 Å². The second-order valence-electron chi connectivity index (χ2n) is 5.19. The fourth-order valence-corrected chi connectivity index (χ4v) is 3.79. The number of hydrogen-bond donors (Lipinski definition) is 1. The average Bonchev–Trinajstić information content (AvgIpc) is 2.74. The Kier molecular flexibility index (Phi) is 3.65. The maximum Gasteiger partial charge on any atom is 0.0946 e. The number of aromatic nitrogens is 1. The molecule has 1 aliphatic rings. The minimum atomic E-state index is 0.308. The van der Waals surface area contributed by atoms with Gasteiger partial charge in [0.25, 0.3) is 0 Å². The summed E-state index contributed by atoms with van der Waals surface area (Å²) in [5, 5.41) is 1.22. The molecule has 2 rings (SSSR count). The molecule has 0 aromatic carbocycles. The summed E-state index contributed by atoms with van der Waals surface area (Å²) >= 11 is 1.81. The van der Waals surface area contributed by atoms with Crippen molar-refractivity contribution < 1.29 is 0 Å². The standard InChI is InChI=1S/C13H22N2S/c1-8-5-4-6-11(8)12(14)7-13-15-9(2)10(3)16-13/h8,11-12H,4-7,14H2,1-3H3. The molecular formula is C13H22N2S. The van der Waals surface area contributed by atoms with Gasteiger partial charge < -0.3 is 5.73 Å². The van der Waals surface area contributed by atoms with Gasteiger partial charge in [-0.2, -0.15) is 0 Å². The SMILES string of the molecule is Cc1nc(CC(N)C2CCCC2C)sc1C. The first-order valence-corrected chi connectivity index (χ1v) is 7.08. The van der Waals surface area contributed by atoms with Crippen molar-refractivity contribution in [2.45, 2.75) is 52.5 Å². The van der Waals surface area contributed by atoms with Crippen molar-refractivity contribution in [2.24, 2.45) is 17.6 Å². The number of thiazole rings is 1. The molecule has 16 heavy (non-hydrogen) atoms. The van der Waals surface area contributed by atoms with E-state index >= 15 is 0 Å². The predicted octanol–water partition coefficient (Wildman–Crippen LogP) is 3.07. The fourth-order valence-electron chi connectivity index (χ4n) is 2.79. The molecule has 2 nitrogen and oxygen atoms in total. The van der Waals surface area contributed by atoms with Crippen molar-refractivity contribution >= 4 is 11.3 Å². The van der Waals surface area contributed by atoms with Crippen LogP contribution in [0.5, 0.6) is 0 Å². The fraction of sp³-hybridized carbons (Fsp3) is 0.769. The van der Waals surface area contributed by atoms with E-state index in [0.717, 1.165) is 12.3 Å². The van der Waals surface area contributed by atoms with E-state index in [9.17, 15) is 0 Å². The molecule has 0 spiro atoms. The number of nitrogens with two attached hydrogens (primary N) is 1. The quantitative estimate of drug-likeness (QED) is 0.879. The molecule has 1 aromatic heterocycles. The Labute approximate surface area is 102 Å². The van der Waals surface area contributed by atoms with E-state index < -0.39 is 0 Å². The van der Waals surface area contributed by atoms with Gasteiger partial charge in [-0.05, 0) is 32.1 Å². The van der Waals surface area contributed by atoms with Gasteiger partial charge in [0.1, 0.15) is 0 Å². The minimum absolute atomic E-state index is 0.308. The van der Waals surface area contributed by atoms with Gasteiger partial charge in [0.15, 0.2) is 0 Å². The molecule has 2 N–H and O–H groups in total. The third kappa shape index (κ3) is 2.46. The molecule has 3 heteroatoms. The maximum absolute atomic E-state index is 6.33. The molecular weight excluding hydrogens is 216 g/mol. The van der Waals surface area contributed by atoms with Crippen LogP contribution < -0.4 is 5.73 Å². The van der Waals surface area contributed by atoms with Crippen molar-refractivity contribution in [3.05, 3.63) is 15.6 Å². The molecule has 0 bridgehead atoms. The smallest absolute Gasteiger partial charge is 0.0946 e. The van der Waals surface area contributed by atoms with Crippen LogP contribution >= 0.6 is 11.3 Å². The molecule has 0 radical (unpaired) electrons. The van der Waals surface area contributed by atoms with E-state index in [4.69, 9.17) is 5.73 Å². The van der Waals surface area contributed by atoms with Crippen LogP contribution in [-0.2, 0) is 6.42 Å². The van der Waals surface area contributed by atoms with Gasteiger partial charge in [-0.1, -0.05) is 19.8 Å². The van der Waals surface area contributed by atoms with Crippen LogP contribution in [0.15, 0.2) is 0 Å². The molecule has 3 atom stereocenters. The Bertz CT molecular complexity index is 339. The second kappa shape index (κ2) is 4.84. The van der Waals surface area contributed by atoms with E-state index in [1.165, 1.54) is 34.8 Å². The normalized spacial score (nSPS) is 27.2. The van der Waals surface area contributed by atoms with Crippen molar-refractivity contribution in [3.63, 3.8) is 0 Å². The van der Waals surface area contributed by atoms with Crippen molar-refractivity contribution in [2.75, 3.05) is 0 Å². The Morgan fingerprint density at radius 1 is 1.44 bits per heavy atom. The maximum atomic E-state index is 6.33. The highest BCUT2D eigenvalue weighted by Crippen LogP contribution is 2.34. The van der Waals surface area contributed by atoms with Crippen LogP contribution in [0.4, 0.5) is 0 Å². The summed E-state index contributed by atoms with van der Waals surface area (Å²) in [4.78, 5) is 5.92. The van der Waals surface area contributed by atoms with Crippen molar-refractivity contribution in [3.8, 4) is 0 Å². The second-order valence-corrected chi connectivity index (χ2v) is 6.48. The van der Waals surface area contributed by atoms with Crippen LogP contribution in [0.3, 0.4) is 0 Å². The number of aryl methyl sites for hydroxylation is 2. The molecule has 1 aromatic rings. The van der Waals surface area contributed by atoms with Crippen LogP contribution in [-0.4, -0.2) is 11.0 Å². The molecule has 90 valence electrons. The summed E-state index contributed by atoms with van der Waals surface area (Å²) < 4.78 is 0. The van der Waals surface area contributed by atoms with Crippen LogP contribution in [0.1, 0.15) is 41.8 Å². The monoisotopic (exact) mass is 238 g/mol. The zero-order chi connectivity index (χ0) is 11.7. The molecule has 3 unspecified atom stereocenters. The Morgan fingerprint density at radius 2 is 2.19 bits per heavy atom. The summed E-state index contributed by atoms with van der Waals surface area (Å²) in [7, 11) is 0. The lowest BCUT2D eigenvalue weighted by molar-refractivity contribution is 0.343. The largest absolute Gasteiger partial charge is 0.327 e. The van der Waals surface area contributed by atoms with Crippen LogP contribution in [0.2, 0.25) is 0 Å². The highest BCUT2D eigenvalue weighted by atomic mass is 32.1. The highest BCUT2D eigenvalue weighted by Gasteiger charge is 2.29. The Balaban J connectivity index is 1.98. The zero-order valence-corrected chi connectivity index (χ0v) is 11.3. The molecule has 1 heterocycles. The molecule has 0 saturated heterocycles. The lowest BCUT2D eigenvalue weighted by Crippen LogP contribution is -2.33. The zero-order valence-electron chi connectivity index (χ0n) is 10.5. The van der Waals surface area contributed by atoms with Gasteiger partial charge in [0, 0.05) is 17.3 Å².